The number of hydrogen-bond acceptors (Lipinski definition) is 2. The van der Waals surface area contributed by atoms with Crippen LogP contribution in [0.4, 0.5) is 0 Å². The van der Waals surface area contributed by atoms with Gasteiger partial charge in [0.05, 0.1) is 5.56 Å². The molecule has 1 heterocycles. The standard InChI is InChI=1S/C14H21NO3/c1-6-14(5,7-2)15-10(4)12(13(17)18)9(3)8-11(15)16/h8H,6-7H2,1-5H3,(H,17,18). The molecule has 1 rings (SSSR count). The lowest BCUT2D eigenvalue weighted by atomic mass is 9.93. The molecule has 0 bridgehead atoms. The predicted molar refractivity (Wildman–Crippen MR) is 71.4 cm³/mol. The highest BCUT2D eigenvalue weighted by Gasteiger charge is 2.27. The highest BCUT2D eigenvalue weighted by atomic mass is 16.4. The highest BCUT2D eigenvalue weighted by Crippen LogP contribution is 2.26. The first kappa shape index (κ1) is 14.5. The zero-order chi connectivity index (χ0) is 14.1. The first-order valence-electron chi connectivity index (χ1n) is 6.25. The van der Waals surface area contributed by atoms with Crippen LogP contribution < -0.4 is 5.56 Å². The van der Waals surface area contributed by atoms with Gasteiger partial charge in [-0.2, -0.15) is 0 Å². The highest BCUT2D eigenvalue weighted by molar-refractivity contribution is 5.90. The largest absolute Gasteiger partial charge is 0.478 e. The Morgan fingerprint density at radius 1 is 1.33 bits per heavy atom. The Labute approximate surface area is 107 Å². The number of aryl methyl sites for hydroxylation is 1. The topological polar surface area (TPSA) is 59.3 Å². The van der Waals surface area contributed by atoms with E-state index in [2.05, 4.69) is 0 Å². The van der Waals surface area contributed by atoms with Crippen molar-refractivity contribution in [1.82, 2.24) is 4.57 Å². The van der Waals surface area contributed by atoms with Crippen LogP contribution in [0.5, 0.6) is 0 Å². The lowest BCUT2D eigenvalue weighted by Crippen LogP contribution is -2.40. The summed E-state index contributed by atoms with van der Waals surface area (Å²) in [7, 11) is 0. The van der Waals surface area contributed by atoms with Gasteiger partial charge in [0.1, 0.15) is 0 Å². The van der Waals surface area contributed by atoms with E-state index >= 15 is 0 Å². The Hall–Kier alpha value is -1.58. The summed E-state index contributed by atoms with van der Waals surface area (Å²) in [4.78, 5) is 23.5. The van der Waals surface area contributed by atoms with Gasteiger partial charge < -0.3 is 9.67 Å². The molecule has 4 heteroatoms. The van der Waals surface area contributed by atoms with Crippen molar-refractivity contribution in [3.8, 4) is 0 Å². The van der Waals surface area contributed by atoms with Crippen LogP contribution in [0.15, 0.2) is 10.9 Å². The average Bonchev–Trinajstić information content (AvgIpc) is 2.27. The normalized spacial score (nSPS) is 11.6. The fourth-order valence-corrected chi connectivity index (χ4v) is 2.44. The molecule has 0 aromatic carbocycles. The van der Waals surface area contributed by atoms with Gasteiger partial charge in [-0.1, -0.05) is 13.8 Å². The molecule has 0 unspecified atom stereocenters. The lowest BCUT2D eigenvalue weighted by molar-refractivity contribution is 0.0693. The number of carbonyl (C=O) groups is 1. The summed E-state index contributed by atoms with van der Waals surface area (Å²) in [5.41, 5.74) is 0.845. The maximum atomic E-state index is 12.2. The van der Waals surface area contributed by atoms with Crippen molar-refractivity contribution in [2.75, 3.05) is 0 Å². The molecule has 0 fully saturated rings. The Morgan fingerprint density at radius 2 is 1.83 bits per heavy atom. The number of hydrogen-bond donors (Lipinski definition) is 1. The third-order valence-corrected chi connectivity index (χ3v) is 3.93. The third kappa shape index (κ3) is 2.19. The molecular formula is C14H21NO3. The fourth-order valence-electron chi connectivity index (χ4n) is 2.44. The Morgan fingerprint density at radius 3 is 2.22 bits per heavy atom. The Bertz CT molecular complexity index is 525. The van der Waals surface area contributed by atoms with Crippen molar-refractivity contribution in [3.05, 3.63) is 33.2 Å². The molecule has 0 aliphatic heterocycles. The van der Waals surface area contributed by atoms with Crippen LogP contribution in [0, 0.1) is 13.8 Å². The fraction of sp³-hybridized carbons (Fsp3) is 0.571. The number of nitrogens with zero attached hydrogens (tertiary/aromatic N) is 1. The molecule has 0 saturated heterocycles. The average molecular weight is 251 g/mol. The number of aromatic nitrogens is 1. The molecular weight excluding hydrogens is 230 g/mol. The van der Waals surface area contributed by atoms with Gasteiger partial charge in [-0.25, -0.2) is 4.79 Å². The Balaban J connectivity index is 3.71. The minimum atomic E-state index is -0.978. The quantitative estimate of drug-likeness (QED) is 0.895. The van der Waals surface area contributed by atoms with E-state index in [1.54, 1.807) is 18.4 Å². The minimum Gasteiger partial charge on any atom is -0.478 e. The van der Waals surface area contributed by atoms with E-state index in [9.17, 15) is 14.7 Å². The zero-order valence-corrected chi connectivity index (χ0v) is 11.7. The molecule has 0 saturated carbocycles. The van der Waals surface area contributed by atoms with Gasteiger partial charge in [-0.15, -0.1) is 0 Å². The smallest absolute Gasteiger partial charge is 0.337 e. The number of carboxylic acid groups (broad SMARTS) is 1. The lowest BCUT2D eigenvalue weighted by Gasteiger charge is -2.32. The monoisotopic (exact) mass is 251 g/mol. The first-order chi connectivity index (χ1) is 8.28. The van der Waals surface area contributed by atoms with E-state index in [1.165, 1.54) is 6.07 Å². The molecule has 100 valence electrons. The maximum absolute atomic E-state index is 12.2. The first-order valence-corrected chi connectivity index (χ1v) is 6.25. The number of rotatable bonds is 4. The van der Waals surface area contributed by atoms with Gasteiger partial charge in [0.25, 0.3) is 5.56 Å². The molecule has 1 N–H and O–H groups in total. The van der Waals surface area contributed by atoms with Crippen molar-refractivity contribution >= 4 is 5.97 Å². The van der Waals surface area contributed by atoms with Crippen LogP contribution in [0.25, 0.3) is 0 Å². The summed E-state index contributed by atoms with van der Waals surface area (Å²) >= 11 is 0. The van der Waals surface area contributed by atoms with Crippen molar-refractivity contribution < 1.29 is 9.90 Å². The van der Waals surface area contributed by atoms with Gasteiger partial charge in [0.15, 0.2) is 0 Å². The van der Waals surface area contributed by atoms with Gasteiger partial charge in [0, 0.05) is 17.3 Å². The molecule has 0 amide bonds. The summed E-state index contributed by atoms with van der Waals surface area (Å²) in [5, 5.41) is 9.26. The van der Waals surface area contributed by atoms with Crippen molar-refractivity contribution in [2.45, 2.75) is 53.0 Å². The number of aromatic carboxylic acids is 1. The van der Waals surface area contributed by atoms with Crippen molar-refractivity contribution in [1.29, 1.82) is 0 Å². The second-order valence-electron chi connectivity index (χ2n) is 4.97. The van der Waals surface area contributed by atoms with Gasteiger partial charge in [0.2, 0.25) is 0 Å². The van der Waals surface area contributed by atoms with Crippen LogP contribution in [0.1, 0.15) is 55.2 Å². The van der Waals surface area contributed by atoms with E-state index in [0.717, 1.165) is 12.8 Å². The summed E-state index contributed by atoms with van der Waals surface area (Å²) in [6.45, 7) is 9.38. The molecule has 18 heavy (non-hydrogen) atoms. The zero-order valence-electron chi connectivity index (χ0n) is 11.7. The van der Waals surface area contributed by atoms with Crippen molar-refractivity contribution in [2.24, 2.45) is 0 Å². The molecule has 0 aliphatic carbocycles. The van der Waals surface area contributed by atoms with E-state index in [-0.39, 0.29) is 16.7 Å². The SMILES string of the molecule is CCC(C)(CC)n1c(C)c(C(=O)O)c(C)cc1=O. The minimum absolute atomic E-state index is 0.124. The molecule has 1 aromatic rings. The van der Waals surface area contributed by atoms with Crippen LogP contribution in [-0.2, 0) is 5.54 Å². The van der Waals surface area contributed by atoms with Crippen LogP contribution >= 0.6 is 0 Å². The predicted octanol–water partition coefficient (Wildman–Crippen LogP) is 2.70. The summed E-state index contributed by atoms with van der Waals surface area (Å²) in [6, 6.07) is 1.42. The van der Waals surface area contributed by atoms with Gasteiger partial charge in [-0.3, -0.25) is 4.79 Å². The summed E-state index contributed by atoms with van der Waals surface area (Å²) in [5.74, 6) is -0.978. The molecule has 0 radical (unpaired) electrons. The van der Waals surface area contributed by atoms with Crippen LogP contribution in [-0.4, -0.2) is 15.6 Å². The van der Waals surface area contributed by atoms with Gasteiger partial charge >= 0.3 is 5.97 Å². The van der Waals surface area contributed by atoms with E-state index < -0.39 is 5.97 Å². The molecule has 0 aliphatic rings. The summed E-state index contributed by atoms with van der Waals surface area (Å²) in [6.07, 6.45) is 1.57. The van der Waals surface area contributed by atoms with Crippen LogP contribution in [0.2, 0.25) is 0 Å². The second kappa shape index (κ2) is 4.96. The van der Waals surface area contributed by atoms with E-state index in [0.29, 0.717) is 11.3 Å². The molecule has 4 nitrogen and oxygen atoms in total. The Kier molecular flexibility index (Phi) is 3.99. The molecule has 1 aromatic heterocycles. The second-order valence-corrected chi connectivity index (χ2v) is 4.97. The number of carboxylic acids is 1. The van der Waals surface area contributed by atoms with E-state index in [4.69, 9.17) is 0 Å². The molecule has 0 spiro atoms. The maximum Gasteiger partial charge on any atom is 0.337 e. The number of pyridine rings is 1. The van der Waals surface area contributed by atoms with Gasteiger partial charge in [-0.05, 0) is 39.2 Å². The summed E-state index contributed by atoms with van der Waals surface area (Å²) < 4.78 is 1.63. The van der Waals surface area contributed by atoms with E-state index in [1.807, 2.05) is 20.8 Å². The van der Waals surface area contributed by atoms with Crippen molar-refractivity contribution in [3.63, 3.8) is 0 Å². The van der Waals surface area contributed by atoms with Crippen LogP contribution in [0.3, 0.4) is 0 Å². The molecule has 0 atom stereocenters. The third-order valence-electron chi connectivity index (χ3n) is 3.93.